The predicted octanol–water partition coefficient (Wildman–Crippen LogP) is 3.90. The van der Waals surface area contributed by atoms with Gasteiger partial charge in [-0.15, -0.1) is 0 Å². The van der Waals surface area contributed by atoms with Crippen LogP contribution >= 0.6 is 11.6 Å². The molecule has 2 aromatic heterocycles. The van der Waals surface area contributed by atoms with Crippen LogP contribution in [0.4, 0.5) is 11.4 Å². The summed E-state index contributed by atoms with van der Waals surface area (Å²) in [7, 11) is 0. The molecule has 0 aliphatic carbocycles. The maximum atomic E-state index is 13.2. The first-order chi connectivity index (χ1) is 14.6. The molecule has 2 N–H and O–H groups in total. The Morgan fingerprint density at radius 2 is 2.00 bits per heavy atom. The van der Waals surface area contributed by atoms with Gasteiger partial charge in [0.1, 0.15) is 6.54 Å². The molecule has 3 heterocycles. The minimum absolute atomic E-state index is 0.0171. The first-order valence-corrected chi connectivity index (χ1v) is 10.3. The fraction of sp³-hybridized carbons (Fsp3) is 0.227. The smallest absolute Gasteiger partial charge is 0.261 e. The van der Waals surface area contributed by atoms with E-state index in [-0.39, 0.29) is 18.0 Å². The molecule has 1 fully saturated rings. The molecule has 0 unspecified atom stereocenters. The molecule has 0 radical (unpaired) electrons. The number of hydrogen-bond donors (Lipinski definition) is 2. The SMILES string of the molecule is O=C(Cn1ccc2cccc(Nc3cc(Cl)c4[nH]ncc4c3)c2c1=O)N1CCCC1. The molecular formula is C22H20ClN5O2. The zero-order valence-electron chi connectivity index (χ0n) is 16.2. The van der Waals surface area contributed by atoms with Gasteiger partial charge in [0, 0.05) is 30.4 Å². The molecular weight excluding hydrogens is 402 g/mol. The first kappa shape index (κ1) is 18.7. The molecule has 8 heteroatoms. The Balaban J connectivity index is 1.53. The lowest BCUT2D eigenvalue weighted by Crippen LogP contribution is -2.34. The number of amides is 1. The maximum Gasteiger partial charge on any atom is 0.261 e. The summed E-state index contributed by atoms with van der Waals surface area (Å²) in [6.45, 7) is 1.59. The largest absolute Gasteiger partial charge is 0.355 e. The number of carbonyl (C=O) groups is 1. The third-order valence-electron chi connectivity index (χ3n) is 5.55. The van der Waals surface area contributed by atoms with Gasteiger partial charge in [0.15, 0.2) is 0 Å². The van der Waals surface area contributed by atoms with E-state index in [1.165, 1.54) is 4.57 Å². The van der Waals surface area contributed by atoms with Crippen molar-refractivity contribution in [2.24, 2.45) is 0 Å². The summed E-state index contributed by atoms with van der Waals surface area (Å²) in [6.07, 6.45) is 5.44. The van der Waals surface area contributed by atoms with Gasteiger partial charge in [-0.1, -0.05) is 23.7 Å². The summed E-state index contributed by atoms with van der Waals surface area (Å²) in [5.41, 5.74) is 1.99. The van der Waals surface area contributed by atoms with E-state index in [1.807, 2.05) is 35.2 Å². The van der Waals surface area contributed by atoms with E-state index in [1.54, 1.807) is 18.5 Å². The molecule has 30 heavy (non-hydrogen) atoms. The lowest BCUT2D eigenvalue weighted by atomic mass is 10.1. The summed E-state index contributed by atoms with van der Waals surface area (Å²) in [5, 5.41) is 13.0. The van der Waals surface area contributed by atoms with Crippen LogP contribution in [0.2, 0.25) is 5.02 Å². The number of nitrogens with one attached hydrogen (secondary N) is 2. The first-order valence-electron chi connectivity index (χ1n) is 9.90. The molecule has 1 saturated heterocycles. The summed E-state index contributed by atoms with van der Waals surface area (Å²) < 4.78 is 1.49. The number of likely N-dealkylation sites (tertiary alicyclic amines) is 1. The highest BCUT2D eigenvalue weighted by atomic mass is 35.5. The molecule has 1 aliphatic rings. The number of hydrogen-bond acceptors (Lipinski definition) is 4. The average Bonchev–Trinajstić information content (AvgIpc) is 3.42. The van der Waals surface area contributed by atoms with Crippen LogP contribution in [-0.4, -0.2) is 38.7 Å². The van der Waals surface area contributed by atoms with E-state index in [0.29, 0.717) is 16.1 Å². The van der Waals surface area contributed by atoms with Crippen molar-refractivity contribution in [3.8, 4) is 0 Å². The van der Waals surface area contributed by atoms with Crippen LogP contribution in [0.25, 0.3) is 21.7 Å². The molecule has 0 atom stereocenters. The molecule has 152 valence electrons. The van der Waals surface area contributed by atoms with Crippen LogP contribution in [0.15, 0.2) is 53.6 Å². The second-order valence-electron chi connectivity index (χ2n) is 7.52. The number of carbonyl (C=O) groups excluding carboxylic acids is 1. The van der Waals surface area contributed by atoms with Crippen LogP contribution in [0.5, 0.6) is 0 Å². The number of anilines is 2. The van der Waals surface area contributed by atoms with Crippen LogP contribution in [0, 0.1) is 0 Å². The number of aromatic amines is 1. The van der Waals surface area contributed by atoms with Gasteiger partial charge in [0.25, 0.3) is 5.56 Å². The van der Waals surface area contributed by atoms with Crippen molar-refractivity contribution in [3.05, 3.63) is 64.2 Å². The number of fused-ring (bicyclic) bond motifs is 2. The number of nitrogens with zero attached hydrogens (tertiary/aromatic N) is 3. The number of rotatable bonds is 4. The van der Waals surface area contributed by atoms with Crippen LogP contribution < -0.4 is 10.9 Å². The number of benzene rings is 2. The maximum absolute atomic E-state index is 13.2. The van der Waals surface area contributed by atoms with Crippen molar-refractivity contribution in [2.75, 3.05) is 18.4 Å². The summed E-state index contributed by atoms with van der Waals surface area (Å²) in [4.78, 5) is 27.6. The Kier molecular flexibility index (Phi) is 4.67. The highest BCUT2D eigenvalue weighted by molar-refractivity contribution is 6.35. The molecule has 5 rings (SSSR count). The molecule has 1 amide bonds. The summed E-state index contributed by atoms with van der Waals surface area (Å²) in [6, 6.07) is 11.2. The van der Waals surface area contributed by atoms with E-state index < -0.39 is 0 Å². The van der Waals surface area contributed by atoms with Crippen molar-refractivity contribution in [2.45, 2.75) is 19.4 Å². The molecule has 0 bridgehead atoms. The van der Waals surface area contributed by atoms with E-state index >= 15 is 0 Å². The number of H-pyrrole nitrogens is 1. The van der Waals surface area contributed by atoms with Gasteiger partial charge >= 0.3 is 0 Å². The second-order valence-corrected chi connectivity index (χ2v) is 7.93. The normalized spacial score (nSPS) is 14.0. The van der Waals surface area contributed by atoms with E-state index in [0.717, 1.165) is 47.9 Å². The molecule has 0 spiro atoms. The van der Waals surface area contributed by atoms with Gasteiger partial charge in [-0.05, 0) is 42.5 Å². The average molecular weight is 422 g/mol. The molecule has 1 aliphatic heterocycles. The third kappa shape index (κ3) is 3.31. The minimum atomic E-state index is -0.196. The lowest BCUT2D eigenvalue weighted by molar-refractivity contribution is -0.130. The van der Waals surface area contributed by atoms with Crippen molar-refractivity contribution in [1.29, 1.82) is 0 Å². The Labute approximate surface area is 177 Å². The molecule has 2 aromatic carbocycles. The van der Waals surface area contributed by atoms with Crippen molar-refractivity contribution in [3.63, 3.8) is 0 Å². The van der Waals surface area contributed by atoms with E-state index in [2.05, 4.69) is 15.5 Å². The van der Waals surface area contributed by atoms with Crippen LogP contribution in [0.3, 0.4) is 0 Å². The zero-order valence-corrected chi connectivity index (χ0v) is 16.9. The Hall–Kier alpha value is -3.32. The molecule has 0 saturated carbocycles. The van der Waals surface area contributed by atoms with Gasteiger partial charge in [-0.2, -0.15) is 5.10 Å². The fourth-order valence-electron chi connectivity index (χ4n) is 4.01. The number of aromatic nitrogens is 3. The highest BCUT2D eigenvalue weighted by Gasteiger charge is 2.19. The fourth-order valence-corrected chi connectivity index (χ4v) is 4.28. The quantitative estimate of drug-likeness (QED) is 0.523. The lowest BCUT2D eigenvalue weighted by Gasteiger charge is -2.17. The Morgan fingerprint density at radius 3 is 2.83 bits per heavy atom. The van der Waals surface area contributed by atoms with Gasteiger partial charge in [-0.3, -0.25) is 14.7 Å². The number of halogens is 1. The third-order valence-corrected chi connectivity index (χ3v) is 5.85. The van der Waals surface area contributed by atoms with Crippen LogP contribution in [0.1, 0.15) is 12.8 Å². The highest BCUT2D eigenvalue weighted by Crippen LogP contribution is 2.30. The topological polar surface area (TPSA) is 83.0 Å². The standard InChI is InChI=1S/C22H20ClN5O2/c23-17-11-16(10-15-12-24-26-21(15)17)25-18-5-3-4-14-6-9-28(22(30)20(14)18)13-19(29)27-7-1-2-8-27/h3-6,9-12,25H,1-2,7-8,13H2,(H,24,26). The number of pyridine rings is 1. The van der Waals surface area contributed by atoms with Gasteiger partial charge in [0.2, 0.25) is 5.91 Å². The molecule has 4 aromatic rings. The summed E-state index contributed by atoms with van der Waals surface area (Å²) in [5.74, 6) is -0.0171. The monoisotopic (exact) mass is 421 g/mol. The van der Waals surface area contributed by atoms with E-state index in [4.69, 9.17) is 11.6 Å². The Bertz CT molecular complexity index is 1320. The van der Waals surface area contributed by atoms with Crippen molar-refractivity contribution in [1.82, 2.24) is 19.7 Å². The Morgan fingerprint density at radius 1 is 1.17 bits per heavy atom. The van der Waals surface area contributed by atoms with Crippen molar-refractivity contribution >= 4 is 50.6 Å². The predicted molar refractivity (Wildman–Crippen MR) is 118 cm³/mol. The molecule has 7 nitrogen and oxygen atoms in total. The zero-order chi connectivity index (χ0) is 20.7. The van der Waals surface area contributed by atoms with Crippen molar-refractivity contribution < 1.29 is 4.79 Å². The van der Waals surface area contributed by atoms with Gasteiger partial charge in [-0.25, -0.2) is 0 Å². The van der Waals surface area contributed by atoms with Gasteiger partial charge in [0.05, 0.1) is 27.8 Å². The van der Waals surface area contributed by atoms with E-state index in [9.17, 15) is 9.59 Å². The van der Waals surface area contributed by atoms with Crippen LogP contribution in [-0.2, 0) is 11.3 Å². The van der Waals surface area contributed by atoms with Gasteiger partial charge < -0.3 is 14.8 Å². The summed E-state index contributed by atoms with van der Waals surface area (Å²) >= 11 is 6.34. The minimum Gasteiger partial charge on any atom is -0.355 e. The second kappa shape index (κ2) is 7.50.